The summed E-state index contributed by atoms with van der Waals surface area (Å²) in [4.78, 5) is 0. The van der Waals surface area contributed by atoms with Gasteiger partial charge >= 0.3 is 0 Å². The molecular weight excluding hydrogens is 273 g/mol. The summed E-state index contributed by atoms with van der Waals surface area (Å²) in [6, 6.07) is 11.4. The van der Waals surface area contributed by atoms with Crippen molar-refractivity contribution in [2.24, 2.45) is 0 Å². The van der Waals surface area contributed by atoms with Gasteiger partial charge in [-0.3, -0.25) is 0 Å². The zero-order valence-corrected chi connectivity index (χ0v) is 11.0. The molecule has 1 heterocycles. The van der Waals surface area contributed by atoms with Crippen molar-refractivity contribution in [1.82, 2.24) is 10.2 Å². The Labute approximate surface area is 120 Å². The van der Waals surface area contributed by atoms with Gasteiger partial charge in [-0.1, -0.05) is 6.07 Å². The molecule has 0 radical (unpaired) electrons. The normalized spacial score (nSPS) is 10.5. The van der Waals surface area contributed by atoms with Crippen molar-refractivity contribution in [2.75, 3.05) is 5.32 Å². The highest BCUT2D eigenvalue weighted by Crippen LogP contribution is 2.21. The number of phenols is 1. The number of aromatic hydroxyl groups is 1. The molecule has 21 heavy (non-hydrogen) atoms. The van der Waals surface area contributed by atoms with Crippen molar-refractivity contribution in [2.45, 2.75) is 6.54 Å². The van der Waals surface area contributed by atoms with Gasteiger partial charge in [0.05, 0.1) is 0 Å². The average Bonchev–Trinajstić information content (AvgIpc) is 2.99. The first-order valence-corrected chi connectivity index (χ1v) is 6.29. The molecule has 3 rings (SSSR count). The molecule has 5 nitrogen and oxygen atoms in total. The summed E-state index contributed by atoms with van der Waals surface area (Å²) in [6.45, 7) is 0.388. The third kappa shape index (κ3) is 3.17. The van der Waals surface area contributed by atoms with Gasteiger partial charge in [0.15, 0.2) is 0 Å². The number of nitrogens with zero attached hydrogens (tertiary/aromatic N) is 2. The Kier molecular flexibility index (Phi) is 3.51. The molecule has 0 spiro atoms. The maximum absolute atomic E-state index is 13.2. The minimum absolute atomic E-state index is 0.0913. The SMILES string of the molecule is Oc1cc(F)cc(CNc2cccc(-c3nnco3)c2)c1. The summed E-state index contributed by atoms with van der Waals surface area (Å²) in [7, 11) is 0. The highest BCUT2D eigenvalue weighted by Gasteiger charge is 2.05. The smallest absolute Gasteiger partial charge is 0.247 e. The van der Waals surface area contributed by atoms with Crippen LogP contribution in [0.15, 0.2) is 53.3 Å². The highest BCUT2D eigenvalue weighted by atomic mass is 19.1. The summed E-state index contributed by atoms with van der Waals surface area (Å²) < 4.78 is 18.3. The maximum Gasteiger partial charge on any atom is 0.247 e. The summed E-state index contributed by atoms with van der Waals surface area (Å²) in [5.74, 6) is -0.125. The van der Waals surface area contributed by atoms with E-state index in [4.69, 9.17) is 4.42 Å². The number of nitrogens with one attached hydrogen (secondary N) is 1. The molecule has 0 bridgehead atoms. The maximum atomic E-state index is 13.2. The average molecular weight is 285 g/mol. The largest absolute Gasteiger partial charge is 0.508 e. The molecule has 1 aromatic heterocycles. The zero-order chi connectivity index (χ0) is 14.7. The van der Waals surface area contributed by atoms with Crippen LogP contribution in [0, 0.1) is 5.82 Å². The monoisotopic (exact) mass is 285 g/mol. The number of anilines is 1. The van der Waals surface area contributed by atoms with E-state index in [0.717, 1.165) is 17.3 Å². The molecule has 3 aromatic rings. The molecule has 106 valence electrons. The predicted molar refractivity (Wildman–Crippen MR) is 75.1 cm³/mol. The quantitative estimate of drug-likeness (QED) is 0.770. The topological polar surface area (TPSA) is 71.2 Å². The molecule has 0 aliphatic rings. The molecule has 0 aliphatic carbocycles. The summed E-state index contributed by atoms with van der Waals surface area (Å²) in [6.07, 6.45) is 1.27. The van der Waals surface area contributed by atoms with Gasteiger partial charge < -0.3 is 14.8 Å². The molecule has 6 heteroatoms. The van der Waals surface area contributed by atoms with Gasteiger partial charge in [-0.15, -0.1) is 10.2 Å². The van der Waals surface area contributed by atoms with Crippen molar-refractivity contribution in [3.05, 3.63) is 60.2 Å². The van der Waals surface area contributed by atoms with Gasteiger partial charge in [-0.25, -0.2) is 4.39 Å². The standard InChI is InChI=1S/C15H12FN3O2/c16-12-4-10(5-14(20)7-12)8-17-13-3-1-2-11(6-13)15-19-18-9-21-15/h1-7,9,17,20H,8H2. The number of hydrogen-bond acceptors (Lipinski definition) is 5. The fourth-order valence-corrected chi connectivity index (χ4v) is 2.00. The summed E-state index contributed by atoms with van der Waals surface area (Å²) in [5.41, 5.74) is 2.27. The molecule has 0 fully saturated rings. The number of hydrogen-bond donors (Lipinski definition) is 2. The van der Waals surface area contributed by atoms with Crippen LogP contribution >= 0.6 is 0 Å². The Morgan fingerprint density at radius 2 is 2.10 bits per heavy atom. The van der Waals surface area contributed by atoms with Gasteiger partial charge in [0.1, 0.15) is 11.6 Å². The zero-order valence-electron chi connectivity index (χ0n) is 11.0. The lowest BCUT2D eigenvalue weighted by molar-refractivity contribution is 0.468. The van der Waals surface area contributed by atoms with Crippen LogP contribution in [0.3, 0.4) is 0 Å². The second kappa shape index (κ2) is 5.62. The molecule has 0 saturated heterocycles. The number of phenolic OH excluding ortho intramolecular Hbond substituents is 1. The third-order valence-electron chi connectivity index (χ3n) is 2.91. The second-order valence-corrected chi connectivity index (χ2v) is 4.50. The van der Waals surface area contributed by atoms with E-state index >= 15 is 0 Å². The van der Waals surface area contributed by atoms with Gasteiger partial charge in [0.2, 0.25) is 12.3 Å². The van der Waals surface area contributed by atoms with E-state index in [2.05, 4.69) is 15.5 Å². The van der Waals surface area contributed by atoms with Crippen molar-refractivity contribution >= 4 is 5.69 Å². The Balaban J connectivity index is 1.75. The molecule has 2 N–H and O–H groups in total. The van der Waals surface area contributed by atoms with Crippen LogP contribution in [0.25, 0.3) is 11.5 Å². The van der Waals surface area contributed by atoms with Crippen LogP contribution in [-0.4, -0.2) is 15.3 Å². The lowest BCUT2D eigenvalue weighted by Gasteiger charge is -2.08. The minimum atomic E-state index is -0.466. The molecule has 0 atom stereocenters. The molecule has 2 aromatic carbocycles. The van der Waals surface area contributed by atoms with E-state index in [1.54, 1.807) is 0 Å². The molecule has 0 amide bonds. The van der Waals surface area contributed by atoms with Crippen molar-refractivity contribution in [1.29, 1.82) is 0 Å². The van der Waals surface area contributed by atoms with Crippen LogP contribution < -0.4 is 5.32 Å². The fourth-order valence-electron chi connectivity index (χ4n) is 2.00. The van der Waals surface area contributed by atoms with E-state index in [9.17, 15) is 9.50 Å². The third-order valence-corrected chi connectivity index (χ3v) is 2.91. The number of aromatic nitrogens is 2. The van der Waals surface area contributed by atoms with E-state index in [1.165, 1.54) is 18.5 Å². The molecule has 0 saturated carbocycles. The summed E-state index contributed by atoms with van der Waals surface area (Å²) >= 11 is 0. The second-order valence-electron chi connectivity index (χ2n) is 4.50. The Morgan fingerprint density at radius 1 is 1.19 bits per heavy atom. The Morgan fingerprint density at radius 3 is 2.86 bits per heavy atom. The number of halogens is 1. The van der Waals surface area contributed by atoms with Crippen LogP contribution in [0.5, 0.6) is 5.75 Å². The van der Waals surface area contributed by atoms with Gasteiger partial charge in [-0.05, 0) is 35.9 Å². The van der Waals surface area contributed by atoms with Crippen LogP contribution in [0.2, 0.25) is 0 Å². The van der Waals surface area contributed by atoms with Crippen LogP contribution in [0.4, 0.5) is 10.1 Å². The van der Waals surface area contributed by atoms with E-state index in [0.29, 0.717) is 18.0 Å². The number of rotatable bonds is 4. The minimum Gasteiger partial charge on any atom is -0.508 e. The van der Waals surface area contributed by atoms with Crippen LogP contribution in [-0.2, 0) is 6.54 Å². The first-order valence-electron chi connectivity index (χ1n) is 6.29. The summed E-state index contributed by atoms with van der Waals surface area (Å²) in [5, 5.41) is 20.0. The van der Waals surface area contributed by atoms with E-state index < -0.39 is 5.82 Å². The van der Waals surface area contributed by atoms with Crippen molar-refractivity contribution in [3.63, 3.8) is 0 Å². The Bertz CT molecular complexity index is 724. The van der Waals surface area contributed by atoms with Gasteiger partial charge in [0.25, 0.3) is 0 Å². The molecular formula is C15H12FN3O2. The van der Waals surface area contributed by atoms with Gasteiger partial charge in [0, 0.05) is 23.9 Å². The van der Waals surface area contributed by atoms with E-state index in [1.807, 2.05) is 24.3 Å². The van der Waals surface area contributed by atoms with Gasteiger partial charge in [-0.2, -0.15) is 0 Å². The lowest BCUT2D eigenvalue weighted by Crippen LogP contribution is -2.00. The van der Waals surface area contributed by atoms with Crippen molar-refractivity contribution < 1.29 is 13.9 Å². The van der Waals surface area contributed by atoms with Crippen molar-refractivity contribution in [3.8, 4) is 17.2 Å². The molecule has 0 aliphatic heterocycles. The van der Waals surface area contributed by atoms with Crippen LogP contribution in [0.1, 0.15) is 5.56 Å². The van der Waals surface area contributed by atoms with E-state index in [-0.39, 0.29) is 5.75 Å². The highest BCUT2D eigenvalue weighted by molar-refractivity contribution is 5.60. The Hall–Kier alpha value is -2.89. The number of benzene rings is 2. The lowest BCUT2D eigenvalue weighted by atomic mass is 10.1. The molecule has 0 unspecified atom stereocenters. The predicted octanol–water partition coefficient (Wildman–Crippen LogP) is 3.19. The first kappa shape index (κ1) is 13.1. The first-order chi connectivity index (χ1) is 10.2. The fraction of sp³-hybridized carbons (Fsp3) is 0.0667.